The fourth-order valence-electron chi connectivity index (χ4n) is 2.16. The molecular formula is C15H10F3N3. The number of aromatic nitrogens is 3. The fraction of sp³-hybridized carbons (Fsp3) is 0.0667. The molecule has 0 fully saturated rings. The van der Waals surface area contributed by atoms with Gasteiger partial charge in [-0.1, -0.05) is 36.4 Å². The highest BCUT2D eigenvalue weighted by molar-refractivity contribution is 5.72. The van der Waals surface area contributed by atoms with E-state index in [0.717, 1.165) is 6.07 Å². The van der Waals surface area contributed by atoms with E-state index in [0.29, 0.717) is 17.0 Å². The maximum absolute atomic E-state index is 13.1. The van der Waals surface area contributed by atoms with Crippen molar-refractivity contribution < 1.29 is 13.2 Å². The monoisotopic (exact) mass is 289 g/mol. The van der Waals surface area contributed by atoms with Gasteiger partial charge in [-0.05, 0) is 23.3 Å². The van der Waals surface area contributed by atoms with Crippen LogP contribution in [0, 0.1) is 0 Å². The predicted molar refractivity (Wildman–Crippen MR) is 72.3 cm³/mol. The van der Waals surface area contributed by atoms with E-state index in [9.17, 15) is 13.2 Å². The lowest BCUT2D eigenvalue weighted by molar-refractivity contribution is -0.137. The zero-order chi connectivity index (χ0) is 14.9. The van der Waals surface area contributed by atoms with Crippen molar-refractivity contribution in [3.05, 3.63) is 60.4 Å². The number of alkyl halides is 3. The van der Waals surface area contributed by atoms with Gasteiger partial charge in [0.05, 0.1) is 5.56 Å². The first-order chi connectivity index (χ1) is 10.1. The molecule has 0 bridgehead atoms. The minimum absolute atomic E-state index is 0.141. The molecule has 0 aliphatic rings. The Bertz CT molecular complexity index is 749. The maximum Gasteiger partial charge on any atom is 0.417 e. The van der Waals surface area contributed by atoms with Gasteiger partial charge in [0.2, 0.25) is 0 Å². The highest BCUT2D eigenvalue weighted by atomic mass is 19.4. The minimum atomic E-state index is -4.39. The Morgan fingerprint density at radius 2 is 1.67 bits per heavy atom. The van der Waals surface area contributed by atoms with Crippen LogP contribution in [0.15, 0.2) is 54.9 Å². The van der Waals surface area contributed by atoms with E-state index < -0.39 is 11.7 Å². The van der Waals surface area contributed by atoms with Gasteiger partial charge in [-0.2, -0.15) is 18.3 Å². The van der Waals surface area contributed by atoms with Crippen molar-refractivity contribution in [1.29, 1.82) is 0 Å². The van der Waals surface area contributed by atoms with Crippen molar-refractivity contribution in [2.45, 2.75) is 6.18 Å². The van der Waals surface area contributed by atoms with Gasteiger partial charge < -0.3 is 0 Å². The highest BCUT2D eigenvalue weighted by Crippen LogP contribution is 2.37. The average Bonchev–Trinajstić information content (AvgIpc) is 3.01. The van der Waals surface area contributed by atoms with E-state index in [1.807, 2.05) is 0 Å². The van der Waals surface area contributed by atoms with Gasteiger partial charge in [0.1, 0.15) is 6.33 Å². The van der Waals surface area contributed by atoms with Gasteiger partial charge in [-0.25, -0.2) is 4.98 Å². The summed E-state index contributed by atoms with van der Waals surface area (Å²) in [4.78, 5) is 4.00. The van der Waals surface area contributed by atoms with Crippen LogP contribution in [-0.4, -0.2) is 15.2 Å². The molecule has 3 aromatic rings. The lowest BCUT2D eigenvalue weighted by Crippen LogP contribution is -2.06. The van der Waals surface area contributed by atoms with E-state index in [-0.39, 0.29) is 5.56 Å². The molecule has 0 saturated heterocycles. The van der Waals surface area contributed by atoms with E-state index in [1.165, 1.54) is 18.5 Å². The Morgan fingerprint density at radius 1 is 0.905 bits per heavy atom. The summed E-state index contributed by atoms with van der Waals surface area (Å²) in [6.45, 7) is 0. The Hall–Kier alpha value is -2.63. The van der Waals surface area contributed by atoms with Crippen LogP contribution in [-0.2, 0) is 6.18 Å². The largest absolute Gasteiger partial charge is 0.417 e. The summed E-state index contributed by atoms with van der Waals surface area (Å²) >= 11 is 0. The van der Waals surface area contributed by atoms with E-state index in [1.54, 1.807) is 30.3 Å². The average molecular weight is 289 g/mol. The number of hydrogen-bond donors (Lipinski definition) is 1. The standard InChI is InChI=1S/C15H10F3N3/c16-15(17,18)13-7-2-1-6-12(13)10-4-3-5-11(8-10)14-19-9-20-21-14/h1-9H,(H,19,20,21). The number of rotatable bonds is 2. The molecule has 1 aromatic heterocycles. The molecule has 0 spiro atoms. The smallest absolute Gasteiger partial charge is 0.265 e. The van der Waals surface area contributed by atoms with Gasteiger partial charge in [-0.15, -0.1) is 0 Å². The SMILES string of the molecule is FC(F)(F)c1ccccc1-c1cccc(-c2nc[nH]n2)c1. The molecule has 106 valence electrons. The Balaban J connectivity index is 2.12. The van der Waals surface area contributed by atoms with E-state index >= 15 is 0 Å². The molecule has 0 aliphatic carbocycles. The molecule has 0 radical (unpaired) electrons. The number of hydrogen-bond acceptors (Lipinski definition) is 2. The maximum atomic E-state index is 13.1. The summed E-state index contributed by atoms with van der Waals surface area (Å²) in [7, 11) is 0. The van der Waals surface area contributed by atoms with E-state index in [4.69, 9.17) is 0 Å². The molecule has 6 heteroatoms. The molecule has 0 aliphatic heterocycles. The quantitative estimate of drug-likeness (QED) is 0.769. The van der Waals surface area contributed by atoms with Gasteiger partial charge in [0, 0.05) is 5.56 Å². The Kier molecular flexibility index (Phi) is 3.21. The fourth-order valence-corrected chi connectivity index (χ4v) is 2.16. The van der Waals surface area contributed by atoms with Crippen LogP contribution in [0.5, 0.6) is 0 Å². The second kappa shape index (κ2) is 5.05. The van der Waals surface area contributed by atoms with Crippen LogP contribution in [0.3, 0.4) is 0 Å². The predicted octanol–water partition coefficient (Wildman–Crippen LogP) is 4.16. The van der Waals surface area contributed by atoms with Gasteiger partial charge in [0.15, 0.2) is 5.82 Å². The van der Waals surface area contributed by atoms with Crippen LogP contribution in [0.2, 0.25) is 0 Å². The topological polar surface area (TPSA) is 41.6 Å². The molecule has 0 saturated carbocycles. The van der Waals surface area contributed by atoms with Gasteiger partial charge >= 0.3 is 6.18 Å². The third kappa shape index (κ3) is 2.65. The first-order valence-corrected chi connectivity index (χ1v) is 6.18. The molecule has 2 aromatic carbocycles. The Morgan fingerprint density at radius 3 is 2.38 bits per heavy atom. The molecule has 21 heavy (non-hydrogen) atoms. The molecule has 0 unspecified atom stereocenters. The van der Waals surface area contributed by atoms with Crippen LogP contribution in [0.25, 0.3) is 22.5 Å². The van der Waals surface area contributed by atoms with Crippen LogP contribution >= 0.6 is 0 Å². The zero-order valence-electron chi connectivity index (χ0n) is 10.7. The minimum Gasteiger partial charge on any atom is -0.265 e. The second-order valence-electron chi connectivity index (χ2n) is 4.45. The summed E-state index contributed by atoms with van der Waals surface area (Å²) in [5.41, 5.74) is 0.621. The normalized spacial score (nSPS) is 11.6. The molecule has 3 nitrogen and oxygen atoms in total. The molecule has 1 heterocycles. The molecule has 0 amide bonds. The van der Waals surface area contributed by atoms with Crippen molar-refractivity contribution in [2.24, 2.45) is 0 Å². The zero-order valence-corrected chi connectivity index (χ0v) is 10.7. The highest BCUT2D eigenvalue weighted by Gasteiger charge is 2.33. The molecule has 3 rings (SSSR count). The van der Waals surface area contributed by atoms with Crippen molar-refractivity contribution >= 4 is 0 Å². The summed E-state index contributed by atoms with van der Waals surface area (Å²) in [6, 6.07) is 12.2. The Labute approximate surface area is 118 Å². The third-order valence-electron chi connectivity index (χ3n) is 3.08. The van der Waals surface area contributed by atoms with E-state index in [2.05, 4.69) is 15.2 Å². The molecule has 0 atom stereocenters. The van der Waals surface area contributed by atoms with Gasteiger partial charge in [0.25, 0.3) is 0 Å². The summed E-state index contributed by atoms with van der Waals surface area (Å²) < 4.78 is 39.2. The first-order valence-electron chi connectivity index (χ1n) is 6.18. The summed E-state index contributed by atoms with van der Waals surface area (Å²) in [6.07, 6.45) is -2.97. The second-order valence-corrected chi connectivity index (χ2v) is 4.45. The van der Waals surface area contributed by atoms with Crippen LogP contribution < -0.4 is 0 Å². The molecule has 1 N–H and O–H groups in total. The van der Waals surface area contributed by atoms with Crippen molar-refractivity contribution in [2.75, 3.05) is 0 Å². The van der Waals surface area contributed by atoms with Crippen molar-refractivity contribution in [1.82, 2.24) is 15.2 Å². The van der Waals surface area contributed by atoms with Crippen molar-refractivity contribution in [3.8, 4) is 22.5 Å². The molecular weight excluding hydrogens is 279 g/mol. The summed E-state index contributed by atoms with van der Waals surface area (Å²) in [5, 5.41) is 6.52. The van der Waals surface area contributed by atoms with Crippen molar-refractivity contribution in [3.63, 3.8) is 0 Å². The van der Waals surface area contributed by atoms with Crippen LogP contribution in [0.1, 0.15) is 5.56 Å². The number of nitrogens with one attached hydrogen (secondary N) is 1. The lowest BCUT2D eigenvalue weighted by Gasteiger charge is -2.13. The van der Waals surface area contributed by atoms with Gasteiger partial charge in [-0.3, -0.25) is 5.10 Å². The lowest BCUT2D eigenvalue weighted by atomic mass is 9.97. The number of aromatic amines is 1. The number of nitrogens with zero attached hydrogens (tertiary/aromatic N) is 2. The first kappa shape index (κ1) is 13.4. The van der Waals surface area contributed by atoms with Crippen LogP contribution in [0.4, 0.5) is 13.2 Å². The number of halogens is 3. The number of H-pyrrole nitrogens is 1. The number of benzene rings is 2. The third-order valence-corrected chi connectivity index (χ3v) is 3.08. The summed E-state index contributed by atoms with van der Waals surface area (Å²) in [5.74, 6) is 0.446.